The van der Waals surface area contributed by atoms with E-state index < -0.39 is 0 Å². The molecule has 0 radical (unpaired) electrons. The number of nitrogens with zero attached hydrogens (tertiary/aromatic N) is 1. The second-order valence-electron chi connectivity index (χ2n) is 6.11. The summed E-state index contributed by atoms with van der Waals surface area (Å²) in [5.74, 6) is 0.144. The quantitative estimate of drug-likeness (QED) is 0.519. The molecule has 0 aromatic carbocycles. The summed E-state index contributed by atoms with van der Waals surface area (Å²) in [7, 11) is 3.87. The van der Waals surface area contributed by atoms with Crippen LogP contribution in [0.1, 0.15) is 78.1 Å². The van der Waals surface area contributed by atoms with E-state index in [4.69, 9.17) is 0 Å². The van der Waals surface area contributed by atoms with Crippen molar-refractivity contribution in [2.24, 2.45) is 0 Å². The summed E-state index contributed by atoms with van der Waals surface area (Å²) < 4.78 is 0. The van der Waals surface area contributed by atoms with Gasteiger partial charge in [0, 0.05) is 6.54 Å². The third-order valence-electron chi connectivity index (χ3n) is 3.98. The molecule has 1 amide bonds. The van der Waals surface area contributed by atoms with Crippen LogP contribution in [0.4, 0.5) is 0 Å². The molecular weight excluding hydrogens is 248 g/mol. The van der Waals surface area contributed by atoms with Crippen LogP contribution in [0.15, 0.2) is 0 Å². The number of hydrogen-bond donors (Lipinski definition) is 1. The van der Waals surface area contributed by atoms with E-state index in [-0.39, 0.29) is 11.9 Å². The second kappa shape index (κ2) is 13.4. The van der Waals surface area contributed by atoms with Gasteiger partial charge in [0.15, 0.2) is 0 Å². The molecule has 1 unspecified atom stereocenters. The van der Waals surface area contributed by atoms with Gasteiger partial charge in [-0.05, 0) is 27.4 Å². The largest absolute Gasteiger partial charge is 0.355 e. The first kappa shape index (κ1) is 19.4. The summed E-state index contributed by atoms with van der Waals surface area (Å²) in [6.45, 7) is 5.03. The molecule has 3 nitrogen and oxygen atoms in total. The van der Waals surface area contributed by atoms with E-state index >= 15 is 0 Å². The summed E-state index contributed by atoms with van der Waals surface area (Å²) in [6, 6.07) is -0.0295. The maximum absolute atomic E-state index is 11.7. The lowest BCUT2D eigenvalue weighted by atomic mass is 10.1. The first-order valence-corrected chi connectivity index (χ1v) is 8.53. The van der Waals surface area contributed by atoms with Gasteiger partial charge in [0.1, 0.15) is 0 Å². The zero-order valence-electron chi connectivity index (χ0n) is 14.2. The first-order chi connectivity index (χ1) is 9.59. The number of hydrogen-bond acceptors (Lipinski definition) is 2. The first-order valence-electron chi connectivity index (χ1n) is 8.53. The minimum Gasteiger partial charge on any atom is -0.355 e. The molecule has 1 N–H and O–H groups in total. The number of nitrogens with one attached hydrogen (secondary N) is 1. The van der Waals surface area contributed by atoms with Crippen molar-refractivity contribution >= 4 is 5.91 Å². The number of carbonyl (C=O) groups is 1. The third kappa shape index (κ3) is 11.3. The fourth-order valence-electron chi connectivity index (χ4n) is 2.21. The predicted octanol–water partition coefficient (Wildman–Crippen LogP) is 3.97. The monoisotopic (exact) mass is 284 g/mol. The van der Waals surface area contributed by atoms with Crippen LogP contribution in [-0.4, -0.2) is 37.5 Å². The van der Waals surface area contributed by atoms with Gasteiger partial charge in [0.2, 0.25) is 5.91 Å². The Morgan fingerprint density at radius 2 is 1.35 bits per heavy atom. The molecular formula is C17H36N2O. The van der Waals surface area contributed by atoms with Gasteiger partial charge in [-0.3, -0.25) is 9.69 Å². The van der Waals surface area contributed by atoms with Crippen LogP contribution in [0, 0.1) is 0 Å². The molecule has 0 aliphatic heterocycles. The molecule has 0 saturated heterocycles. The summed E-state index contributed by atoms with van der Waals surface area (Å²) in [4.78, 5) is 13.6. The number of likely N-dealkylation sites (N-methyl/N-ethyl adjacent to an activating group) is 1. The normalized spacial score (nSPS) is 12.7. The molecule has 0 aromatic heterocycles. The number of carbonyl (C=O) groups excluding carboxylic acids is 1. The van der Waals surface area contributed by atoms with E-state index in [2.05, 4.69) is 12.2 Å². The van der Waals surface area contributed by atoms with Crippen LogP contribution >= 0.6 is 0 Å². The average Bonchev–Trinajstić information content (AvgIpc) is 2.43. The van der Waals surface area contributed by atoms with Crippen LogP contribution in [0.25, 0.3) is 0 Å². The van der Waals surface area contributed by atoms with Crippen molar-refractivity contribution in [1.82, 2.24) is 10.2 Å². The highest BCUT2D eigenvalue weighted by Crippen LogP contribution is 2.10. The highest BCUT2D eigenvalue weighted by molar-refractivity contribution is 5.81. The Bertz CT molecular complexity index is 229. The third-order valence-corrected chi connectivity index (χ3v) is 3.98. The van der Waals surface area contributed by atoms with Crippen LogP contribution < -0.4 is 5.32 Å². The molecule has 0 fully saturated rings. The highest BCUT2D eigenvalue weighted by atomic mass is 16.2. The van der Waals surface area contributed by atoms with E-state index in [9.17, 15) is 4.79 Å². The number of rotatable bonds is 13. The van der Waals surface area contributed by atoms with Crippen molar-refractivity contribution < 1.29 is 4.79 Å². The fourth-order valence-corrected chi connectivity index (χ4v) is 2.21. The Hall–Kier alpha value is -0.570. The molecule has 0 rings (SSSR count). The van der Waals surface area contributed by atoms with E-state index in [0.29, 0.717) is 0 Å². The maximum Gasteiger partial charge on any atom is 0.237 e. The van der Waals surface area contributed by atoms with E-state index in [1.54, 1.807) is 0 Å². The molecule has 0 bridgehead atoms. The number of amides is 1. The number of unbranched alkanes of at least 4 members (excludes halogenated alkanes) is 9. The Kier molecular flexibility index (Phi) is 13.0. The molecule has 0 saturated carbocycles. The topological polar surface area (TPSA) is 32.3 Å². The Morgan fingerprint density at radius 1 is 0.900 bits per heavy atom. The van der Waals surface area contributed by atoms with Gasteiger partial charge in [0.05, 0.1) is 6.04 Å². The van der Waals surface area contributed by atoms with Gasteiger partial charge < -0.3 is 5.32 Å². The lowest BCUT2D eigenvalue weighted by Crippen LogP contribution is -2.41. The van der Waals surface area contributed by atoms with E-state index in [1.807, 2.05) is 25.9 Å². The van der Waals surface area contributed by atoms with Gasteiger partial charge in [-0.15, -0.1) is 0 Å². The summed E-state index contributed by atoms with van der Waals surface area (Å²) in [5, 5.41) is 3.01. The molecule has 0 aliphatic carbocycles. The summed E-state index contributed by atoms with van der Waals surface area (Å²) in [5.41, 5.74) is 0. The predicted molar refractivity (Wildman–Crippen MR) is 88.0 cm³/mol. The van der Waals surface area contributed by atoms with Gasteiger partial charge in [-0.1, -0.05) is 64.7 Å². The maximum atomic E-state index is 11.7. The van der Waals surface area contributed by atoms with Crippen LogP contribution in [-0.2, 0) is 4.79 Å². The zero-order chi connectivity index (χ0) is 15.2. The Morgan fingerprint density at radius 3 is 1.80 bits per heavy atom. The van der Waals surface area contributed by atoms with Crippen LogP contribution in [0.3, 0.4) is 0 Å². The van der Waals surface area contributed by atoms with Crippen LogP contribution in [0.5, 0.6) is 0 Å². The van der Waals surface area contributed by atoms with Crippen molar-refractivity contribution in [3.05, 3.63) is 0 Å². The van der Waals surface area contributed by atoms with Gasteiger partial charge in [0.25, 0.3) is 0 Å². The molecule has 120 valence electrons. The molecule has 20 heavy (non-hydrogen) atoms. The molecule has 1 atom stereocenters. The highest BCUT2D eigenvalue weighted by Gasteiger charge is 2.13. The van der Waals surface area contributed by atoms with Crippen molar-refractivity contribution in [3.8, 4) is 0 Å². The lowest BCUT2D eigenvalue weighted by molar-refractivity contribution is -0.124. The van der Waals surface area contributed by atoms with Gasteiger partial charge in [-0.25, -0.2) is 0 Å². The minimum atomic E-state index is -0.0295. The Balaban J connectivity index is 3.23. The molecule has 3 heteroatoms. The Labute approximate surface area is 126 Å². The van der Waals surface area contributed by atoms with Crippen LogP contribution in [0.2, 0.25) is 0 Å². The van der Waals surface area contributed by atoms with Crippen molar-refractivity contribution in [3.63, 3.8) is 0 Å². The van der Waals surface area contributed by atoms with E-state index in [0.717, 1.165) is 13.0 Å². The lowest BCUT2D eigenvalue weighted by Gasteiger charge is -2.18. The summed E-state index contributed by atoms with van der Waals surface area (Å²) in [6.07, 6.45) is 13.3. The smallest absolute Gasteiger partial charge is 0.237 e. The fraction of sp³-hybridized carbons (Fsp3) is 0.941. The molecule has 0 aromatic rings. The zero-order valence-corrected chi connectivity index (χ0v) is 14.2. The van der Waals surface area contributed by atoms with Crippen molar-refractivity contribution in [2.75, 3.05) is 20.6 Å². The van der Waals surface area contributed by atoms with Gasteiger partial charge >= 0.3 is 0 Å². The van der Waals surface area contributed by atoms with Gasteiger partial charge in [-0.2, -0.15) is 0 Å². The van der Waals surface area contributed by atoms with Crippen molar-refractivity contribution in [1.29, 1.82) is 0 Å². The molecule has 0 heterocycles. The standard InChI is InChI=1S/C17H36N2O/c1-5-6-7-8-9-10-11-12-13-14-15-18-17(20)16(2)19(3)4/h16H,5-15H2,1-4H3,(H,18,20). The second-order valence-corrected chi connectivity index (χ2v) is 6.11. The van der Waals surface area contributed by atoms with E-state index in [1.165, 1.54) is 57.8 Å². The SMILES string of the molecule is CCCCCCCCCCCCNC(=O)C(C)N(C)C. The van der Waals surface area contributed by atoms with Crippen molar-refractivity contribution in [2.45, 2.75) is 84.1 Å². The minimum absolute atomic E-state index is 0.0295. The molecule has 0 spiro atoms. The average molecular weight is 284 g/mol. The summed E-state index contributed by atoms with van der Waals surface area (Å²) >= 11 is 0. The molecule has 0 aliphatic rings.